The Morgan fingerprint density at radius 3 is 2.42 bits per heavy atom. The third kappa shape index (κ3) is 5.68. The maximum atomic E-state index is 12.2. The van der Waals surface area contributed by atoms with Crippen molar-refractivity contribution >= 4 is 17.7 Å². The molecular formula is C17H14F3NO3. The molecule has 0 atom stereocenters. The maximum absolute atomic E-state index is 12.2. The van der Waals surface area contributed by atoms with Gasteiger partial charge in [0.15, 0.2) is 0 Å². The van der Waals surface area contributed by atoms with Gasteiger partial charge in [0.05, 0.1) is 7.11 Å². The number of nitrogens with one attached hydrogen (secondary N) is 1. The van der Waals surface area contributed by atoms with Crippen LogP contribution in [0.5, 0.6) is 11.5 Å². The van der Waals surface area contributed by atoms with Crippen molar-refractivity contribution in [2.75, 3.05) is 12.4 Å². The topological polar surface area (TPSA) is 47.6 Å². The average molecular weight is 337 g/mol. The summed E-state index contributed by atoms with van der Waals surface area (Å²) < 4.78 is 45.3. The lowest BCUT2D eigenvalue weighted by molar-refractivity contribution is -0.274. The second-order valence-electron chi connectivity index (χ2n) is 4.67. The van der Waals surface area contributed by atoms with Gasteiger partial charge in [-0.3, -0.25) is 4.79 Å². The first-order valence-electron chi connectivity index (χ1n) is 6.85. The highest BCUT2D eigenvalue weighted by molar-refractivity contribution is 6.02. The molecule has 1 amide bonds. The van der Waals surface area contributed by atoms with E-state index in [1.54, 1.807) is 37.5 Å². The molecule has 0 aromatic heterocycles. The SMILES string of the molecule is COc1ccc(C=CC(=O)Nc2cccc(OC(F)(F)F)c2)cc1. The highest BCUT2D eigenvalue weighted by Crippen LogP contribution is 2.25. The molecule has 0 heterocycles. The molecule has 0 bridgehead atoms. The third-order valence-electron chi connectivity index (χ3n) is 2.88. The van der Waals surface area contributed by atoms with Crippen LogP contribution in [0.3, 0.4) is 0 Å². The number of hydrogen-bond donors (Lipinski definition) is 1. The van der Waals surface area contributed by atoms with Gasteiger partial charge in [0, 0.05) is 17.8 Å². The first kappa shape index (κ1) is 17.4. The summed E-state index contributed by atoms with van der Waals surface area (Å²) in [4.78, 5) is 11.8. The molecule has 24 heavy (non-hydrogen) atoms. The van der Waals surface area contributed by atoms with Gasteiger partial charge in [-0.15, -0.1) is 13.2 Å². The predicted octanol–water partition coefficient (Wildman–Crippen LogP) is 4.25. The molecule has 2 aromatic carbocycles. The zero-order valence-corrected chi connectivity index (χ0v) is 12.6. The van der Waals surface area contributed by atoms with Crippen LogP contribution in [0.4, 0.5) is 18.9 Å². The van der Waals surface area contributed by atoms with Crippen molar-refractivity contribution in [1.29, 1.82) is 0 Å². The number of methoxy groups -OCH3 is 1. The smallest absolute Gasteiger partial charge is 0.497 e. The van der Waals surface area contributed by atoms with Crippen molar-refractivity contribution in [2.45, 2.75) is 6.36 Å². The van der Waals surface area contributed by atoms with E-state index in [1.165, 1.54) is 18.2 Å². The van der Waals surface area contributed by atoms with E-state index in [1.807, 2.05) is 0 Å². The molecule has 0 spiro atoms. The van der Waals surface area contributed by atoms with Crippen LogP contribution in [0.25, 0.3) is 6.08 Å². The molecule has 0 fully saturated rings. The van der Waals surface area contributed by atoms with Crippen LogP contribution in [-0.2, 0) is 4.79 Å². The fourth-order valence-corrected chi connectivity index (χ4v) is 1.84. The number of amides is 1. The van der Waals surface area contributed by atoms with Crippen molar-refractivity contribution < 1.29 is 27.4 Å². The minimum absolute atomic E-state index is 0.195. The number of benzene rings is 2. The fraction of sp³-hybridized carbons (Fsp3) is 0.118. The Bertz CT molecular complexity index is 725. The summed E-state index contributed by atoms with van der Waals surface area (Å²) in [5.41, 5.74) is 0.973. The summed E-state index contributed by atoms with van der Waals surface area (Å²) in [7, 11) is 1.55. The standard InChI is InChI=1S/C17H14F3NO3/c1-23-14-8-5-12(6-9-14)7-10-16(22)21-13-3-2-4-15(11-13)24-17(18,19)20/h2-11H,1H3,(H,21,22). The van der Waals surface area contributed by atoms with Crippen molar-refractivity contribution in [3.63, 3.8) is 0 Å². The Morgan fingerprint density at radius 1 is 1.08 bits per heavy atom. The van der Waals surface area contributed by atoms with Crippen LogP contribution in [0.1, 0.15) is 5.56 Å². The van der Waals surface area contributed by atoms with Crippen LogP contribution < -0.4 is 14.8 Å². The van der Waals surface area contributed by atoms with Gasteiger partial charge in [-0.1, -0.05) is 18.2 Å². The maximum Gasteiger partial charge on any atom is 0.573 e. The summed E-state index contributed by atoms with van der Waals surface area (Å²) in [5, 5.41) is 2.46. The minimum Gasteiger partial charge on any atom is -0.497 e. The summed E-state index contributed by atoms with van der Waals surface area (Å²) >= 11 is 0. The van der Waals surface area contributed by atoms with Gasteiger partial charge in [-0.2, -0.15) is 0 Å². The largest absolute Gasteiger partial charge is 0.573 e. The van der Waals surface area contributed by atoms with Crippen LogP contribution in [-0.4, -0.2) is 19.4 Å². The molecule has 0 aliphatic rings. The Balaban J connectivity index is 1.98. The van der Waals surface area contributed by atoms with Crippen LogP contribution in [0.2, 0.25) is 0 Å². The molecule has 0 saturated carbocycles. The lowest BCUT2D eigenvalue weighted by Crippen LogP contribution is -2.17. The quantitative estimate of drug-likeness (QED) is 0.830. The van der Waals surface area contributed by atoms with E-state index in [0.717, 1.165) is 17.7 Å². The van der Waals surface area contributed by atoms with Gasteiger partial charge in [-0.05, 0) is 35.9 Å². The van der Waals surface area contributed by atoms with Crippen LogP contribution in [0, 0.1) is 0 Å². The number of hydrogen-bond acceptors (Lipinski definition) is 3. The Kier molecular flexibility index (Phi) is 5.47. The molecule has 0 aliphatic carbocycles. The zero-order chi connectivity index (χ0) is 17.6. The number of carbonyl (C=O) groups is 1. The molecule has 0 saturated heterocycles. The number of alkyl halides is 3. The summed E-state index contributed by atoms with van der Waals surface area (Å²) in [5.74, 6) is -0.188. The van der Waals surface area contributed by atoms with Crippen molar-refractivity contribution in [3.8, 4) is 11.5 Å². The molecule has 126 valence electrons. The lowest BCUT2D eigenvalue weighted by atomic mass is 10.2. The van der Waals surface area contributed by atoms with E-state index in [0.29, 0.717) is 5.75 Å². The molecular weight excluding hydrogens is 323 g/mol. The average Bonchev–Trinajstić information content (AvgIpc) is 2.52. The second kappa shape index (κ2) is 7.54. The molecule has 2 rings (SSSR count). The normalized spacial score (nSPS) is 11.3. The minimum atomic E-state index is -4.78. The summed E-state index contributed by atoms with van der Waals surface area (Å²) in [6.07, 6.45) is -1.93. The number of halogens is 3. The number of anilines is 1. The Labute approximate surface area is 136 Å². The molecule has 7 heteroatoms. The van der Waals surface area contributed by atoms with E-state index < -0.39 is 18.0 Å². The molecule has 1 N–H and O–H groups in total. The molecule has 0 unspecified atom stereocenters. The first-order chi connectivity index (χ1) is 11.4. The number of carbonyl (C=O) groups excluding carboxylic acids is 1. The van der Waals surface area contributed by atoms with E-state index in [4.69, 9.17) is 4.74 Å². The highest BCUT2D eigenvalue weighted by atomic mass is 19.4. The third-order valence-corrected chi connectivity index (χ3v) is 2.88. The van der Waals surface area contributed by atoms with Crippen molar-refractivity contribution in [1.82, 2.24) is 0 Å². The second-order valence-corrected chi connectivity index (χ2v) is 4.67. The fourth-order valence-electron chi connectivity index (χ4n) is 1.84. The monoisotopic (exact) mass is 337 g/mol. The van der Waals surface area contributed by atoms with Gasteiger partial charge in [0.25, 0.3) is 0 Å². The van der Waals surface area contributed by atoms with Crippen LogP contribution in [0.15, 0.2) is 54.6 Å². The van der Waals surface area contributed by atoms with E-state index in [-0.39, 0.29) is 5.69 Å². The van der Waals surface area contributed by atoms with Gasteiger partial charge in [-0.25, -0.2) is 0 Å². The molecule has 4 nitrogen and oxygen atoms in total. The van der Waals surface area contributed by atoms with E-state index in [2.05, 4.69) is 10.1 Å². The molecule has 0 radical (unpaired) electrons. The number of ether oxygens (including phenoxy) is 2. The summed E-state index contributed by atoms with van der Waals surface area (Å²) in [6, 6.07) is 12.1. The molecule has 0 aliphatic heterocycles. The van der Waals surface area contributed by atoms with Gasteiger partial charge >= 0.3 is 6.36 Å². The predicted molar refractivity (Wildman–Crippen MR) is 83.8 cm³/mol. The Hall–Kier alpha value is -2.96. The zero-order valence-electron chi connectivity index (χ0n) is 12.6. The van der Waals surface area contributed by atoms with Gasteiger partial charge in [0.2, 0.25) is 5.91 Å². The van der Waals surface area contributed by atoms with Crippen molar-refractivity contribution in [2.24, 2.45) is 0 Å². The van der Waals surface area contributed by atoms with E-state index in [9.17, 15) is 18.0 Å². The van der Waals surface area contributed by atoms with Gasteiger partial charge < -0.3 is 14.8 Å². The summed E-state index contributed by atoms with van der Waals surface area (Å²) in [6.45, 7) is 0. The Morgan fingerprint density at radius 2 is 1.79 bits per heavy atom. The van der Waals surface area contributed by atoms with Gasteiger partial charge in [0.1, 0.15) is 11.5 Å². The number of rotatable bonds is 5. The first-order valence-corrected chi connectivity index (χ1v) is 6.85. The molecule has 2 aromatic rings. The van der Waals surface area contributed by atoms with Crippen LogP contribution >= 0.6 is 0 Å². The van der Waals surface area contributed by atoms with Crippen molar-refractivity contribution in [3.05, 3.63) is 60.2 Å². The van der Waals surface area contributed by atoms with E-state index >= 15 is 0 Å². The lowest BCUT2D eigenvalue weighted by Gasteiger charge is -2.10. The highest BCUT2D eigenvalue weighted by Gasteiger charge is 2.31.